The van der Waals surface area contributed by atoms with E-state index in [1.165, 1.54) is 36.8 Å². The number of rotatable bonds is 2. The van der Waals surface area contributed by atoms with Crippen LogP contribution in [0.1, 0.15) is 64.4 Å². The summed E-state index contributed by atoms with van der Waals surface area (Å²) in [6.45, 7) is 5.83. The first-order chi connectivity index (χ1) is 13.5. The van der Waals surface area contributed by atoms with Crippen molar-refractivity contribution in [3.63, 3.8) is 0 Å². The van der Waals surface area contributed by atoms with E-state index < -0.39 is 0 Å². The SMILES string of the molecule is COc1cncc(C2=CCC3C4CCC(=O)N5CCCC5(C)C4CCC23C)c1. The van der Waals surface area contributed by atoms with E-state index in [1.54, 1.807) is 13.3 Å². The molecule has 3 heterocycles. The topological polar surface area (TPSA) is 42.4 Å². The number of fused-ring (bicyclic) bond motifs is 5. The van der Waals surface area contributed by atoms with Crippen molar-refractivity contribution in [1.82, 2.24) is 9.88 Å². The van der Waals surface area contributed by atoms with E-state index in [4.69, 9.17) is 4.74 Å². The second kappa shape index (κ2) is 6.33. The quantitative estimate of drug-likeness (QED) is 0.747. The number of methoxy groups -OCH3 is 1. The van der Waals surface area contributed by atoms with E-state index in [-0.39, 0.29) is 11.0 Å². The lowest BCUT2D eigenvalue weighted by molar-refractivity contribution is -0.135. The molecule has 0 aromatic carbocycles. The predicted octanol–water partition coefficient (Wildman–Crippen LogP) is 4.70. The number of ether oxygens (including phenoxy) is 1. The van der Waals surface area contributed by atoms with E-state index in [2.05, 4.69) is 35.9 Å². The van der Waals surface area contributed by atoms with Crippen LogP contribution < -0.4 is 4.74 Å². The Morgan fingerprint density at radius 1 is 1.18 bits per heavy atom. The van der Waals surface area contributed by atoms with Crippen molar-refractivity contribution < 1.29 is 9.53 Å². The van der Waals surface area contributed by atoms with Crippen LogP contribution in [0.15, 0.2) is 24.5 Å². The summed E-state index contributed by atoms with van der Waals surface area (Å²) in [5.41, 5.74) is 2.93. The van der Waals surface area contributed by atoms with E-state index >= 15 is 0 Å². The number of nitrogens with zero attached hydrogens (tertiary/aromatic N) is 2. The van der Waals surface area contributed by atoms with E-state index in [0.717, 1.165) is 31.6 Å². The molecule has 2 aliphatic heterocycles. The third-order valence-corrected chi connectivity index (χ3v) is 8.75. The van der Waals surface area contributed by atoms with Gasteiger partial charge in [0.2, 0.25) is 5.91 Å². The van der Waals surface area contributed by atoms with Crippen LogP contribution in [0.25, 0.3) is 5.57 Å². The van der Waals surface area contributed by atoms with E-state index in [0.29, 0.717) is 23.7 Å². The van der Waals surface area contributed by atoms with Gasteiger partial charge in [-0.2, -0.15) is 0 Å². The first-order valence-electron chi connectivity index (χ1n) is 11.0. The van der Waals surface area contributed by atoms with Gasteiger partial charge in [0.15, 0.2) is 0 Å². The van der Waals surface area contributed by atoms with Gasteiger partial charge in [-0.05, 0) is 85.8 Å². The van der Waals surface area contributed by atoms with E-state index in [9.17, 15) is 4.79 Å². The molecule has 2 aliphatic carbocycles. The molecular formula is C24H32N2O2. The van der Waals surface area contributed by atoms with Crippen LogP contribution in [-0.4, -0.2) is 35.0 Å². The average Bonchev–Trinajstić information content (AvgIpc) is 3.23. The van der Waals surface area contributed by atoms with Gasteiger partial charge in [-0.3, -0.25) is 9.78 Å². The highest BCUT2D eigenvalue weighted by molar-refractivity contribution is 5.78. The van der Waals surface area contributed by atoms with Crippen LogP contribution in [-0.2, 0) is 4.79 Å². The van der Waals surface area contributed by atoms with Gasteiger partial charge >= 0.3 is 0 Å². The molecule has 4 aliphatic rings. The number of pyridine rings is 1. The Labute approximate surface area is 168 Å². The zero-order chi connectivity index (χ0) is 19.5. The largest absolute Gasteiger partial charge is 0.495 e. The van der Waals surface area contributed by atoms with Crippen molar-refractivity contribution in [2.24, 2.45) is 23.2 Å². The van der Waals surface area contributed by atoms with Gasteiger partial charge in [0.05, 0.1) is 13.3 Å². The highest BCUT2D eigenvalue weighted by Gasteiger charge is 2.58. The Morgan fingerprint density at radius 3 is 2.86 bits per heavy atom. The monoisotopic (exact) mass is 380 g/mol. The third-order valence-electron chi connectivity index (χ3n) is 8.75. The smallest absolute Gasteiger partial charge is 0.223 e. The Balaban J connectivity index is 1.49. The normalized spacial score (nSPS) is 39.7. The summed E-state index contributed by atoms with van der Waals surface area (Å²) in [7, 11) is 1.70. The molecule has 5 atom stereocenters. The van der Waals surface area contributed by atoms with Gasteiger partial charge in [-0.25, -0.2) is 0 Å². The Kier molecular flexibility index (Phi) is 4.12. The number of allylic oxidation sites excluding steroid dienone is 2. The third kappa shape index (κ3) is 2.42. The lowest BCUT2D eigenvalue weighted by atomic mass is 9.54. The fourth-order valence-electron chi connectivity index (χ4n) is 7.36. The second-order valence-corrected chi connectivity index (χ2v) is 9.84. The van der Waals surface area contributed by atoms with Gasteiger partial charge in [0.25, 0.3) is 0 Å². The summed E-state index contributed by atoms with van der Waals surface area (Å²) >= 11 is 0. The standard InChI is InChI=1S/C24H32N2O2/c1-23-11-9-21-18(5-8-22(27)26-12-4-10-24(21,26)2)20(23)7-6-19(23)16-13-17(28-3)15-25-14-16/h6,13-15,18,20-21H,4-5,7-12H2,1-3H3. The van der Waals surface area contributed by atoms with Crippen LogP contribution >= 0.6 is 0 Å². The van der Waals surface area contributed by atoms with Crippen LogP contribution in [0.5, 0.6) is 5.75 Å². The van der Waals surface area contributed by atoms with Crippen molar-refractivity contribution in [3.05, 3.63) is 30.1 Å². The average molecular weight is 381 g/mol. The van der Waals surface area contributed by atoms with Gasteiger partial charge in [0.1, 0.15) is 5.75 Å². The molecule has 150 valence electrons. The predicted molar refractivity (Wildman–Crippen MR) is 110 cm³/mol. The molecule has 0 bridgehead atoms. The Hall–Kier alpha value is -1.84. The highest BCUT2D eigenvalue weighted by atomic mass is 16.5. The van der Waals surface area contributed by atoms with Crippen molar-refractivity contribution in [3.8, 4) is 5.75 Å². The molecule has 5 unspecified atom stereocenters. The molecular weight excluding hydrogens is 348 g/mol. The Morgan fingerprint density at radius 2 is 2.04 bits per heavy atom. The minimum absolute atomic E-state index is 0.0832. The first kappa shape index (κ1) is 18.2. The molecule has 0 radical (unpaired) electrons. The fourth-order valence-corrected chi connectivity index (χ4v) is 7.36. The first-order valence-corrected chi connectivity index (χ1v) is 11.0. The molecule has 4 nitrogen and oxygen atoms in total. The minimum atomic E-state index is 0.0832. The second-order valence-electron chi connectivity index (χ2n) is 9.84. The summed E-state index contributed by atoms with van der Waals surface area (Å²) in [5, 5.41) is 0. The van der Waals surface area contributed by atoms with Crippen molar-refractivity contribution >= 4 is 11.5 Å². The molecule has 1 amide bonds. The number of aromatic nitrogens is 1. The number of carbonyl (C=O) groups excluding carboxylic acids is 1. The van der Waals surface area contributed by atoms with Gasteiger partial charge in [-0.15, -0.1) is 0 Å². The zero-order valence-corrected chi connectivity index (χ0v) is 17.4. The lowest BCUT2D eigenvalue weighted by Crippen LogP contribution is -2.53. The van der Waals surface area contributed by atoms with Crippen molar-refractivity contribution in [2.45, 2.75) is 64.3 Å². The molecule has 1 saturated carbocycles. The molecule has 1 aromatic heterocycles. The molecule has 1 aromatic rings. The maximum atomic E-state index is 12.9. The molecule has 3 fully saturated rings. The number of hydrogen-bond donors (Lipinski definition) is 0. The zero-order valence-electron chi connectivity index (χ0n) is 17.4. The molecule has 0 spiro atoms. The van der Waals surface area contributed by atoms with Crippen LogP contribution in [0.3, 0.4) is 0 Å². The highest BCUT2D eigenvalue weighted by Crippen LogP contribution is 2.63. The summed E-state index contributed by atoms with van der Waals surface area (Å²) in [4.78, 5) is 19.5. The van der Waals surface area contributed by atoms with E-state index in [1.807, 2.05) is 6.20 Å². The van der Waals surface area contributed by atoms with Crippen LogP contribution in [0.4, 0.5) is 0 Å². The maximum Gasteiger partial charge on any atom is 0.223 e. The molecule has 2 saturated heterocycles. The van der Waals surface area contributed by atoms with Crippen LogP contribution in [0, 0.1) is 23.2 Å². The Bertz CT molecular complexity index is 834. The van der Waals surface area contributed by atoms with Crippen LogP contribution in [0.2, 0.25) is 0 Å². The van der Waals surface area contributed by atoms with Crippen molar-refractivity contribution in [1.29, 1.82) is 0 Å². The summed E-state index contributed by atoms with van der Waals surface area (Å²) < 4.78 is 5.43. The van der Waals surface area contributed by atoms with Gasteiger partial charge in [-0.1, -0.05) is 13.0 Å². The molecule has 28 heavy (non-hydrogen) atoms. The summed E-state index contributed by atoms with van der Waals surface area (Å²) in [5.74, 6) is 3.16. The summed E-state index contributed by atoms with van der Waals surface area (Å²) in [6.07, 6.45) is 14.0. The van der Waals surface area contributed by atoms with Crippen molar-refractivity contribution in [2.75, 3.05) is 13.7 Å². The molecule has 0 N–H and O–H groups in total. The molecule has 4 heteroatoms. The number of amides is 1. The van der Waals surface area contributed by atoms with Gasteiger partial charge < -0.3 is 9.64 Å². The lowest BCUT2D eigenvalue weighted by Gasteiger charge is -2.53. The molecule has 5 rings (SSSR count). The van der Waals surface area contributed by atoms with Gasteiger partial charge in [0, 0.05) is 24.7 Å². The summed E-state index contributed by atoms with van der Waals surface area (Å²) in [6, 6.07) is 2.13. The number of carbonyl (C=O) groups is 1. The number of hydrogen-bond acceptors (Lipinski definition) is 3. The maximum absolute atomic E-state index is 12.9. The fraction of sp³-hybridized carbons (Fsp3) is 0.667. The minimum Gasteiger partial charge on any atom is -0.495 e.